The van der Waals surface area contributed by atoms with Crippen molar-refractivity contribution in [3.8, 4) is 5.75 Å². The number of hydrogen-bond acceptors (Lipinski definition) is 3. The maximum absolute atomic E-state index is 12.1. The Labute approximate surface area is 130 Å². The van der Waals surface area contributed by atoms with Crippen LogP contribution in [0.2, 0.25) is 0 Å². The van der Waals surface area contributed by atoms with Gasteiger partial charge in [-0.05, 0) is 37.1 Å². The number of urea groups is 1. The molecule has 128 valence electrons. The number of rotatable bonds is 7. The molecular formula is C14H17F3N2O4. The minimum absolute atomic E-state index is 0.0510. The zero-order valence-electron chi connectivity index (χ0n) is 12.4. The zero-order valence-corrected chi connectivity index (χ0v) is 12.4. The third-order valence-electron chi connectivity index (χ3n) is 2.68. The van der Waals surface area contributed by atoms with Crippen molar-refractivity contribution < 1.29 is 32.6 Å². The largest absolute Gasteiger partial charge is 0.484 e. The van der Waals surface area contributed by atoms with Crippen LogP contribution in [0.5, 0.6) is 5.75 Å². The number of aryl methyl sites for hydroxylation is 1. The fraction of sp³-hybridized carbons (Fsp3) is 0.429. The number of carboxylic acids is 1. The summed E-state index contributed by atoms with van der Waals surface area (Å²) in [5.41, 5.74) is 0.829. The number of benzene rings is 1. The smallest absolute Gasteiger partial charge is 0.422 e. The quantitative estimate of drug-likeness (QED) is 0.669. The van der Waals surface area contributed by atoms with Crippen molar-refractivity contribution in [2.24, 2.45) is 0 Å². The lowest BCUT2D eigenvalue weighted by Gasteiger charge is -2.13. The van der Waals surface area contributed by atoms with Crippen LogP contribution in [0.15, 0.2) is 18.2 Å². The van der Waals surface area contributed by atoms with Gasteiger partial charge in [0.05, 0.1) is 0 Å². The van der Waals surface area contributed by atoms with Gasteiger partial charge >= 0.3 is 18.2 Å². The average molecular weight is 334 g/mol. The fourth-order valence-corrected chi connectivity index (χ4v) is 1.67. The molecule has 0 atom stereocenters. The molecule has 0 unspecified atom stereocenters. The summed E-state index contributed by atoms with van der Waals surface area (Å²) < 4.78 is 40.9. The van der Waals surface area contributed by atoms with E-state index in [9.17, 15) is 22.8 Å². The number of amides is 2. The third kappa shape index (κ3) is 7.93. The Kier molecular flexibility index (Phi) is 6.67. The highest BCUT2D eigenvalue weighted by atomic mass is 19.4. The Morgan fingerprint density at radius 1 is 1.30 bits per heavy atom. The van der Waals surface area contributed by atoms with E-state index in [1.54, 1.807) is 6.92 Å². The van der Waals surface area contributed by atoms with Crippen molar-refractivity contribution >= 4 is 17.7 Å². The number of carbonyl (C=O) groups excluding carboxylic acids is 1. The minimum atomic E-state index is -4.42. The minimum Gasteiger partial charge on any atom is -0.484 e. The first-order valence-electron chi connectivity index (χ1n) is 6.74. The van der Waals surface area contributed by atoms with Crippen molar-refractivity contribution in [1.82, 2.24) is 5.32 Å². The summed E-state index contributed by atoms with van der Waals surface area (Å²) in [7, 11) is 0. The van der Waals surface area contributed by atoms with E-state index in [1.165, 1.54) is 18.2 Å². The van der Waals surface area contributed by atoms with Gasteiger partial charge in [-0.25, -0.2) is 4.79 Å². The number of nitrogens with one attached hydrogen (secondary N) is 2. The van der Waals surface area contributed by atoms with E-state index in [0.29, 0.717) is 17.7 Å². The summed E-state index contributed by atoms with van der Waals surface area (Å²) in [4.78, 5) is 21.9. The van der Waals surface area contributed by atoms with Crippen LogP contribution in [0, 0.1) is 6.92 Å². The van der Waals surface area contributed by atoms with E-state index in [4.69, 9.17) is 5.11 Å². The predicted molar refractivity (Wildman–Crippen MR) is 76.6 cm³/mol. The second kappa shape index (κ2) is 8.25. The Hall–Kier alpha value is -2.45. The molecule has 3 N–H and O–H groups in total. The van der Waals surface area contributed by atoms with Crippen molar-refractivity contribution in [2.45, 2.75) is 25.9 Å². The Balaban J connectivity index is 2.47. The highest BCUT2D eigenvalue weighted by Crippen LogP contribution is 2.24. The van der Waals surface area contributed by atoms with Crippen molar-refractivity contribution in [3.05, 3.63) is 23.8 Å². The maximum Gasteiger partial charge on any atom is 0.422 e. The number of carbonyl (C=O) groups is 2. The van der Waals surface area contributed by atoms with Crippen molar-refractivity contribution in [1.29, 1.82) is 0 Å². The normalized spacial score (nSPS) is 11.0. The Morgan fingerprint density at radius 3 is 2.57 bits per heavy atom. The van der Waals surface area contributed by atoms with Gasteiger partial charge in [0, 0.05) is 18.7 Å². The van der Waals surface area contributed by atoms with E-state index < -0.39 is 24.8 Å². The highest BCUT2D eigenvalue weighted by Gasteiger charge is 2.28. The Morgan fingerprint density at radius 2 is 2.00 bits per heavy atom. The molecule has 1 aromatic carbocycles. The van der Waals surface area contributed by atoms with Crippen LogP contribution in [-0.4, -0.2) is 36.4 Å². The number of alkyl halides is 3. The molecule has 1 aromatic rings. The molecule has 0 spiro atoms. The Bertz CT molecular complexity index is 561. The second-order valence-corrected chi connectivity index (χ2v) is 4.76. The van der Waals surface area contributed by atoms with Gasteiger partial charge in [-0.1, -0.05) is 0 Å². The molecule has 23 heavy (non-hydrogen) atoms. The summed E-state index contributed by atoms with van der Waals surface area (Å²) in [6.45, 7) is 0.371. The van der Waals surface area contributed by atoms with E-state index in [2.05, 4.69) is 15.4 Å². The molecular weight excluding hydrogens is 317 g/mol. The standard InChI is InChI=1S/C14H17F3N2O4/c1-9-7-10(4-5-11(9)23-8-14(15,16)17)19-13(22)18-6-2-3-12(20)21/h4-5,7H,2-3,6,8H2,1H3,(H,20,21)(H2,18,19,22). The molecule has 6 nitrogen and oxygen atoms in total. The van der Waals surface area contributed by atoms with E-state index in [1.807, 2.05) is 0 Å². The van der Waals surface area contributed by atoms with Crippen LogP contribution in [0.25, 0.3) is 0 Å². The van der Waals surface area contributed by atoms with Gasteiger partial charge in [0.2, 0.25) is 0 Å². The first-order chi connectivity index (χ1) is 10.7. The molecule has 0 saturated heterocycles. The molecule has 9 heteroatoms. The number of aliphatic carboxylic acids is 1. The molecule has 0 bridgehead atoms. The van der Waals surface area contributed by atoms with E-state index in [-0.39, 0.29) is 18.7 Å². The molecule has 0 aromatic heterocycles. The summed E-state index contributed by atoms with van der Waals surface area (Å²) in [5.74, 6) is -0.869. The number of halogens is 3. The molecule has 2 amide bonds. The van der Waals surface area contributed by atoms with Gasteiger partial charge in [-0.15, -0.1) is 0 Å². The summed E-state index contributed by atoms with van der Waals surface area (Å²) in [5, 5.41) is 13.4. The highest BCUT2D eigenvalue weighted by molar-refractivity contribution is 5.89. The van der Waals surface area contributed by atoms with E-state index in [0.717, 1.165) is 0 Å². The number of hydrogen-bond donors (Lipinski definition) is 3. The lowest BCUT2D eigenvalue weighted by Crippen LogP contribution is -2.29. The molecule has 0 radical (unpaired) electrons. The van der Waals surface area contributed by atoms with Crippen LogP contribution in [0.1, 0.15) is 18.4 Å². The fourth-order valence-electron chi connectivity index (χ4n) is 1.67. The number of anilines is 1. The molecule has 1 rings (SSSR count). The second-order valence-electron chi connectivity index (χ2n) is 4.76. The first kappa shape index (κ1) is 18.6. The lowest BCUT2D eigenvalue weighted by atomic mass is 10.2. The first-order valence-corrected chi connectivity index (χ1v) is 6.74. The number of ether oxygens (including phenoxy) is 1. The maximum atomic E-state index is 12.1. The van der Waals surface area contributed by atoms with Gasteiger partial charge in [-0.3, -0.25) is 4.79 Å². The predicted octanol–water partition coefficient (Wildman–Crippen LogP) is 2.92. The van der Waals surface area contributed by atoms with Crippen LogP contribution in [-0.2, 0) is 4.79 Å². The molecule has 0 fully saturated rings. The molecule has 0 aliphatic carbocycles. The summed E-state index contributed by atoms with van der Waals surface area (Å²) in [6, 6.07) is 3.69. The van der Waals surface area contributed by atoms with Gasteiger partial charge in [0.15, 0.2) is 6.61 Å². The lowest BCUT2D eigenvalue weighted by molar-refractivity contribution is -0.153. The van der Waals surface area contributed by atoms with Crippen LogP contribution >= 0.6 is 0 Å². The third-order valence-corrected chi connectivity index (χ3v) is 2.68. The average Bonchev–Trinajstić information content (AvgIpc) is 2.41. The van der Waals surface area contributed by atoms with Crippen molar-refractivity contribution in [3.63, 3.8) is 0 Å². The summed E-state index contributed by atoms with van der Waals surface area (Å²) in [6.07, 6.45) is -4.17. The van der Waals surface area contributed by atoms with E-state index >= 15 is 0 Å². The van der Waals surface area contributed by atoms with Gasteiger partial charge in [0.25, 0.3) is 0 Å². The van der Waals surface area contributed by atoms with Crippen LogP contribution < -0.4 is 15.4 Å². The SMILES string of the molecule is Cc1cc(NC(=O)NCCCC(=O)O)ccc1OCC(F)(F)F. The molecule has 0 saturated carbocycles. The van der Waals surface area contributed by atoms with Crippen LogP contribution in [0.3, 0.4) is 0 Å². The molecule has 0 heterocycles. The monoisotopic (exact) mass is 334 g/mol. The summed E-state index contributed by atoms with van der Waals surface area (Å²) >= 11 is 0. The molecule has 0 aliphatic rings. The van der Waals surface area contributed by atoms with Gasteiger partial charge in [0.1, 0.15) is 5.75 Å². The topological polar surface area (TPSA) is 87.7 Å². The van der Waals surface area contributed by atoms with Gasteiger partial charge in [-0.2, -0.15) is 13.2 Å². The number of carboxylic acid groups (broad SMARTS) is 1. The molecule has 0 aliphatic heterocycles. The van der Waals surface area contributed by atoms with Crippen LogP contribution in [0.4, 0.5) is 23.7 Å². The van der Waals surface area contributed by atoms with Gasteiger partial charge < -0.3 is 20.5 Å². The van der Waals surface area contributed by atoms with Crippen molar-refractivity contribution in [2.75, 3.05) is 18.5 Å². The zero-order chi connectivity index (χ0) is 17.5.